The molecule has 3 aromatic rings. The molecule has 4 nitrogen and oxygen atoms in total. The standard InChI is InChI=1S/C26H21BrF5N3O/c27-18-4-7-20-23(14-18)33-25(35(24(20)36)19-5-2-17(3-6-19)26(30,31)32)9-11-34(12-10-25)15-16-1-8-21(28)22(29)13-16/h1-8,13-14,33H,9-12,15H2. The van der Waals surface area contributed by atoms with Crippen molar-refractivity contribution in [2.75, 3.05) is 23.3 Å². The summed E-state index contributed by atoms with van der Waals surface area (Å²) >= 11 is 3.43. The largest absolute Gasteiger partial charge is 0.416 e. The van der Waals surface area contributed by atoms with Crippen LogP contribution in [0.15, 0.2) is 65.1 Å². The monoisotopic (exact) mass is 565 g/mol. The number of nitrogens with zero attached hydrogens (tertiary/aromatic N) is 2. The highest BCUT2D eigenvalue weighted by atomic mass is 79.9. The van der Waals surface area contributed by atoms with Crippen LogP contribution < -0.4 is 10.2 Å². The normalized spacial score (nSPS) is 17.7. The molecule has 0 radical (unpaired) electrons. The SMILES string of the molecule is O=C1c2ccc(Br)cc2NC2(CCN(Cc3ccc(F)c(F)c3)CC2)N1c1ccc(C(F)(F)F)cc1. The molecule has 36 heavy (non-hydrogen) atoms. The molecule has 5 rings (SSSR count). The summed E-state index contributed by atoms with van der Waals surface area (Å²) in [5.41, 5.74) is 0.410. The summed E-state index contributed by atoms with van der Waals surface area (Å²) in [6, 6.07) is 13.6. The maximum Gasteiger partial charge on any atom is 0.416 e. The molecule has 188 valence electrons. The van der Waals surface area contributed by atoms with E-state index >= 15 is 0 Å². The highest BCUT2D eigenvalue weighted by molar-refractivity contribution is 9.10. The molecule has 1 amide bonds. The lowest BCUT2D eigenvalue weighted by Crippen LogP contribution is -2.64. The number of rotatable bonds is 3. The zero-order chi connectivity index (χ0) is 25.7. The first-order valence-electron chi connectivity index (χ1n) is 11.3. The Morgan fingerprint density at radius 3 is 2.25 bits per heavy atom. The quantitative estimate of drug-likeness (QED) is 0.354. The van der Waals surface area contributed by atoms with Crippen molar-refractivity contribution in [1.29, 1.82) is 0 Å². The fourth-order valence-corrected chi connectivity index (χ4v) is 5.28. The smallest absolute Gasteiger partial charge is 0.362 e. The number of benzene rings is 3. The van der Waals surface area contributed by atoms with Crippen molar-refractivity contribution < 1.29 is 26.7 Å². The first-order chi connectivity index (χ1) is 17.1. The number of carbonyl (C=O) groups excluding carboxylic acids is 1. The van der Waals surface area contributed by atoms with Crippen LogP contribution in [0.25, 0.3) is 0 Å². The summed E-state index contributed by atoms with van der Waals surface area (Å²) in [7, 11) is 0. The van der Waals surface area contributed by atoms with Gasteiger partial charge in [0.05, 0.1) is 11.1 Å². The molecule has 1 saturated heterocycles. The van der Waals surface area contributed by atoms with E-state index in [1.807, 2.05) is 6.07 Å². The van der Waals surface area contributed by atoms with Crippen LogP contribution in [-0.4, -0.2) is 29.6 Å². The van der Waals surface area contributed by atoms with E-state index in [-0.39, 0.29) is 5.91 Å². The highest BCUT2D eigenvalue weighted by Gasteiger charge is 2.47. The summed E-state index contributed by atoms with van der Waals surface area (Å²) in [6.45, 7) is 1.46. The summed E-state index contributed by atoms with van der Waals surface area (Å²) in [5, 5.41) is 3.49. The number of fused-ring (bicyclic) bond motifs is 1. The van der Waals surface area contributed by atoms with Crippen LogP contribution in [0.2, 0.25) is 0 Å². The molecule has 1 N–H and O–H groups in total. The van der Waals surface area contributed by atoms with Crippen molar-refractivity contribution in [3.05, 3.63) is 93.5 Å². The number of nitrogens with one attached hydrogen (secondary N) is 1. The zero-order valence-corrected chi connectivity index (χ0v) is 20.5. The Hall–Kier alpha value is -2.98. The molecule has 0 unspecified atom stereocenters. The highest BCUT2D eigenvalue weighted by Crippen LogP contribution is 2.42. The Balaban J connectivity index is 1.45. The van der Waals surface area contributed by atoms with Crippen LogP contribution in [0.4, 0.5) is 33.3 Å². The van der Waals surface area contributed by atoms with Gasteiger partial charge in [-0.2, -0.15) is 13.2 Å². The third-order valence-electron chi connectivity index (χ3n) is 6.74. The van der Waals surface area contributed by atoms with Crippen molar-refractivity contribution in [1.82, 2.24) is 4.90 Å². The first kappa shape index (κ1) is 24.7. The average molecular weight is 566 g/mol. The lowest BCUT2D eigenvalue weighted by Gasteiger charge is -2.52. The van der Waals surface area contributed by atoms with Gasteiger partial charge in [-0.25, -0.2) is 8.78 Å². The van der Waals surface area contributed by atoms with Gasteiger partial charge < -0.3 is 5.32 Å². The Morgan fingerprint density at radius 2 is 1.61 bits per heavy atom. The summed E-state index contributed by atoms with van der Waals surface area (Å²) < 4.78 is 67.2. The van der Waals surface area contributed by atoms with Crippen molar-refractivity contribution in [3.8, 4) is 0 Å². The third kappa shape index (κ3) is 4.59. The molecule has 1 fully saturated rings. The predicted octanol–water partition coefficient (Wildman–Crippen LogP) is 6.81. The number of alkyl halides is 3. The molecule has 0 bridgehead atoms. The average Bonchev–Trinajstić information content (AvgIpc) is 2.82. The zero-order valence-electron chi connectivity index (χ0n) is 18.9. The number of anilines is 2. The van der Waals surface area contributed by atoms with E-state index in [0.717, 1.165) is 22.7 Å². The molecular weight excluding hydrogens is 545 g/mol. The molecule has 2 heterocycles. The minimum atomic E-state index is -4.48. The van der Waals surface area contributed by atoms with Gasteiger partial charge in [-0.05, 0) is 60.2 Å². The number of likely N-dealkylation sites (tertiary alicyclic amines) is 1. The van der Waals surface area contributed by atoms with Crippen molar-refractivity contribution in [2.24, 2.45) is 0 Å². The lowest BCUT2D eigenvalue weighted by molar-refractivity contribution is -0.137. The van der Waals surface area contributed by atoms with Crippen LogP contribution in [-0.2, 0) is 12.7 Å². The maximum atomic E-state index is 13.7. The topological polar surface area (TPSA) is 35.6 Å². The van der Waals surface area contributed by atoms with E-state index in [1.165, 1.54) is 24.3 Å². The van der Waals surface area contributed by atoms with E-state index in [9.17, 15) is 26.7 Å². The van der Waals surface area contributed by atoms with E-state index in [1.54, 1.807) is 17.0 Å². The Morgan fingerprint density at radius 1 is 0.917 bits per heavy atom. The molecule has 0 atom stereocenters. The maximum absolute atomic E-state index is 13.7. The van der Waals surface area contributed by atoms with E-state index in [2.05, 4.69) is 26.1 Å². The Bertz CT molecular complexity index is 1300. The van der Waals surface area contributed by atoms with Gasteiger partial charge in [-0.1, -0.05) is 22.0 Å². The van der Waals surface area contributed by atoms with Crippen LogP contribution in [0.1, 0.15) is 34.3 Å². The molecule has 2 aliphatic rings. The van der Waals surface area contributed by atoms with Gasteiger partial charge in [-0.15, -0.1) is 0 Å². The molecule has 10 heteroatoms. The lowest BCUT2D eigenvalue weighted by atomic mass is 9.89. The van der Waals surface area contributed by atoms with Crippen molar-refractivity contribution >= 4 is 33.2 Å². The van der Waals surface area contributed by atoms with Crippen molar-refractivity contribution in [3.63, 3.8) is 0 Å². The fraction of sp³-hybridized carbons (Fsp3) is 0.269. The van der Waals surface area contributed by atoms with E-state index in [0.29, 0.717) is 55.0 Å². The van der Waals surface area contributed by atoms with Crippen LogP contribution >= 0.6 is 15.9 Å². The van der Waals surface area contributed by atoms with Gasteiger partial charge in [0.1, 0.15) is 5.66 Å². The summed E-state index contributed by atoms with van der Waals surface area (Å²) in [5.74, 6) is -2.11. The number of carbonyl (C=O) groups is 1. The number of amides is 1. The van der Waals surface area contributed by atoms with Gasteiger partial charge in [0.25, 0.3) is 5.91 Å². The Kier molecular flexibility index (Phi) is 6.28. The second kappa shape index (κ2) is 9.15. The predicted molar refractivity (Wildman–Crippen MR) is 130 cm³/mol. The van der Waals surface area contributed by atoms with Crippen LogP contribution in [0, 0.1) is 11.6 Å². The fourth-order valence-electron chi connectivity index (χ4n) is 4.92. The van der Waals surface area contributed by atoms with E-state index < -0.39 is 29.0 Å². The molecule has 2 aliphatic heterocycles. The summed E-state index contributed by atoms with van der Waals surface area (Å²) in [4.78, 5) is 17.3. The molecule has 0 aliphatic carbocycles. The minimum absolute atomic E-state index is 0.301. The van der Waals surface area contributed by atoms with Gasteiger partial charge in [-0.3, -0.25) is 14.6 Å². The Labute approximate surface area is 212 Å². The minimum Gasteiger partial charge on any atom is -0.362 e. The van der Waals surface area contributed by atoms with Crippen molar-refractivity contribution in [2.45, 2.75) is 31.2 Å². The van der Waals surface area contributed by atoms with E-state index in [4.69, 9.17) is 0 Å². The van der Waals surface area contributed by atoms with Gasteiger partial charge in [0.2, 0.25) is 0 Å². The third-order valence-corrected chi connectivity index (χ3v) is 7.23. The van der Waals surface area contributed by atoms with Crippen LogP contribution in [0.3, 0.4) is 0 Å². The molecule has 1 spiro atoms. The first-order valence-corrected chi connectivity index (χ1v) is 12.1. The number of halogens is 6. The van der Waals surface area contributed by atoms with Crippen LogP contribution in [0.5, 0.6) is 0 Å². The molecular formula is C26H21BrF5N3O. The molecule has 0 aromatic heterocycles. The van der Waals surface area contributed by atoms with Gasteiger partial charge in [0, 0.05) is 48.3 Å². The number of piperidine rings is 1. The van der Waals surface area contributed by atoms with Gasteiger partial charge >= 0.3 is 6.18 Å². The number of hydrogen-bond donors (Lipinski definition) is 1. The summed E-state index contributed by atoms with van der Waals surface area (Å²) in [6.07, 6.45) is -3.55. The molecule has 3 aromatic carbocycles. The second-order valence-electron chi connectivity index (χ2n) is 9.06. The molecule has 0 saturated carbocycles. The number of hydrogen-bond acceptors (Lipinski definition) is 3. The second-order valence-corrected chi connectivity index (χ2v) is 9.97. The van der Waals surface area contributed by atoms with Gasteiger partial charge in [0.15, 0.2) is 11.6 Å².